The Morgan fingerprint density at radius 1 is 1.35 bits per heavy atom. The number of hydrogen-bond acceptors (Lipinski definition) is 4. The summed E-state index contributed by atoms with van der Waals surface area (Å²) in [6.07, 6.45) is 6.14. The van der Waals surface area contributed by atoms with Crippen molar-refractivity contribution in [2.45, 2.75) is 39.8 Å². The van der Waals surface area contributed by atoms with E-state index in [1.165, 1.54) is 4.68 Å². The van der Waals surface area contributed by atoms with E-state index in [9.17, 15) is 4.79 Å². The van der Waals surface area contributed by atoms with Crippen molar-refractivity contribution in [1.29, 1.82) is 0 Å². The molecule has 0 atom stereocenters. The molecule has 0 aliphatic rings. The predicted octanol–water partition coefficient (Wildman–Crippen LogP) is 2.94. The van der Waals surface area contributed by atoms with Gasteiger partial charge in [0.25, 0.3) is 5.56 Å². The second-order valence-corrected chi connectivity index (χ2v) is 5.62. The molecule has 0 aromatic carbocycles. The average molecular weight is 340 g/mol. The molecular formula is C13H18BrN5O. The molecule has 0 saturated carbocycles. The maximum atomic E-state index is 12.1. The number of nitrogens with one attached hydrogen (secondary N) is 1. The quantitative estimate of drug-likeness (QED) is 0.909. The summed E-state index contributed by atoms with van der Waals surface area (Å²) in [5, 5.41) is 11.5. The molecule has 2 aromatic rings. The summed E-state index contributed by atoms with van der Waals surface area (Å²) in [4.78, 5) is 12.1. The van der Waals surface area contributed by atoms with Gasteiger partial charge in [0.2, 0.25) is 0 Å². The molecule has 2 rings (SSSR count). The van der Waals surface area contributed by atoms with Gasteiger partial charge in [-0.25, -0.2) is 4.68 Å². The van der Waals surface area contributed by atoms with Gasteiger partial charge in [-0.15, -0.1) is 0 Å². The zero-order valence-corrected chi connectivity index (χ0v) is 13.4. The lowest BCUT2D eigenvalue weighted by Gasteiger charge is -2.08. The van der Waals surface area contributed by atoms with Gasteiger partial charge in [0.1, 0.15) is 4.47 Å². The molecule has 2 heterocycles. The van der Waals surface area contributed by atoms with Crippen molar-refractivity contribution in [3.8, 4) is 0 Å². The minimum absolute atomic E-state index is 0.131. The van der Waals surface area contributed by atoms with Crippen LogP contribution in [0.25, 0.3) is 0 Å². The molecule has 0 amide bonds. The molecule has 7 heteroatoms. The third-order valence-corrected chi connectivity index (χ3v) is 3.60. The monoisotopic (exact) mass is 339 g/mol. The normalized spacial score (nSPS) is 11.1. The molecule has 0 aliphatic heterocycles. The lowest BCUT2D eigenvalue weighted by atomic mass is 10.4. The van der Waals surface area contributed by atoms with Crippen LogP contribution >= 0.6 is 15.9 Å². The van der Waals surface area contributed by atoms with Gasteiger partial charge in [0.15, 0.2) is 0 Å². The molecule has 2 aromatic heterocycles. The van der Waals surface area contributed by atoms with Gasteiger partial charge in [0.05, 0.1) is 23.8 Å². The van der Waals surface area contributed by atoms with Crippen LogP contribution in [0.15, 0.2) is 27.9 Å². The number of aromatic nitrogens is 4. The molecule has 108 valence electrons. The highest BCUT2D eigenvalue weighted by atomic mass is 79.9. The first-order valence-electron chi connectivity index (χ1n) is 6.59. The molecule has 1 N–H and O–H groups in total. The van der Waals surface area contributed by atoms with Gasteiger partial charge in [-0.1, -0.05) is 6.92 Å². The van der Waals surface area contributed by atoms with Crippen LogP contribution in [-0.2, 0) is 6.54 Å². The van der Waals surface area contributed by atoms with Crippen LogP contribution in [-0.4, -0.2) is 19.6 Å². The number of aryl methyl sites for hydroxylation is 1. The topological polar surface area (TPSA) is 64.7 Å². The first kappa shape index (κ1) is 14.8. The Morgan fingerprint density at radius 2 is 2.10 bits per heavy atom. The molecule has 0 fully saturated rings. The number of halogens is 1. The Kier molecular flexibility index (Phi) is 4.59. The highest BCUT2D eigenvalue weighted by Crippen LogP contribution is 2.22. The Bertz CT molecular complexity index is 646. The lowest BCUT2D eigenvalue weighted by Crippen LogP contribution is -2.23. The van der Waals surface area contributed by atoms with Crippen LogP contribution < -0.4 is 10.9 Å². The van der Waals surface area contributed by atoms with Crippen molar-refractivity contribution in [1.82, 2.24) is 19.6 Å². The Hall–Kier alpha value is -1.63. The zero-order chi connectivity index (χ0) is 14.7. The Balaban J connectivity index is 2.25. The molecule has 20 heavy (non-hydrogen) atoms. The van der Waals surface area contributed by atoms with Crippen LogP contribution in [0, 0.1) is 0 Å². The van der Waals surface area contributed by atoms with E-state index in [1.54, 1.807) is 12.4 Å². The first-order chi connectivity index (χ1) is 9.52. The molecule has 0 bridgehead atoms. The number of anilines is 2. The third-order valence-electron chi connectivity index (χ3n) is 2.83. The molecule has 0 aliphatic carbocycles. The average Bonchev–Trinajstić information content (AvgIpc) is 2.87. The van der Waals surface area contributed by atoms with E-state index in [2.05, 4.69) is 45.3 Å². The molecule has 0 unspecified atom stereocenters. The van der Waals surface area contributed by atoms with E-state index in [4.69, 9.17) is 0 Å². The van der Waals surface area contributed by atoms with Crippen molar-refractivity contribution < 1.29 is 0 Å². The Morgan fingerprint density at radius 3 is 2.70 bits per heavy atom. The largest absolute Gasteiger partial charge is 0.351 e. The predicted molar refractivity (Wildman–Crippen MR) is 82.4 cm³/mol. The van der Waals surface area contributed by atoms with Crippen LogP contribution in [0.4, 0.5) is 11.4 Å². The fourth-order valence-electron chi connectivity index (χ4n) is 1.76. The molecular weight excluding hydrogens is 322 g/mol. The molecule has 0 saturated heterocycles. The summed E-state index contributed by atoms with van der Waals surface area (Å²) in [6.45, 7) is 6.73. The van der Waals surface area contributed by atoms with Gasteiger partial charge in [-0.2, -0.15) is 10.2 Å². The van der Waals surface area contributed by atoms with E-state index in [1.807, 2.05) is 17.8 Å². The van der Waals surface area contributed by atoms with E-state index in [0.29, 0.717) is 22.7 Å². The van der Waals surface area contributed by atoms with E-state index in [0.717, 1.165) is 12.1 Å². The fraction of sp³-hybridized carbons (Fsp3) is 0.462. The molecule has 0 radical (unpaired) electrons. The standard InChI is InChI=1S/C13H18BrN5O/c1-4-5-18-13(20)12(14)11(7-16-18)17-10-6-15-19(8-10)9(2)3/h6-9,17H,4-5H2,1-3H3. The van der Waals surface area contributed by atoms with E-state index >= 15 is 0 Å². The minimum Gasteiger partial charge on any atom is -0.351 e. The fourth-order valence-corrected chi connectivity index (χ4v) is 2.17. The second kappa shape index (κ2) is 6.21. The molecule has 0 spiro atoms. The second-order valence-electron chi connectivity index (χ2n) is 4.83. The summed E-state index contributed by atoms with van der Waals surface area (Å²) >= 11 is 3.33. The summed E-state index contributed by atoms with van der Waals surface area (Å²) in [5.41, 5.74) is 1.34. The van der Waals surface area contributed by atoms with Crippen molar-refractivity contribution >= 4 is 27.3 Å². The van der Waals surface area contributed by atoms with Crippen molar-refractivity contribution in [3.05, 3.63) is 33.4 Å². The number of nitrogens with zero attached hydrogens (tertiary/aromatic N) is 4. The zero-order valence-electron chi connectivity index (χ0n) is 11.8. The minimum atomic E-state index is -0.131. The summed E-state index contributed by atoms with van der Waals surface area (Å²) < 4.78 is 3.78. The summed E-state index contributed by atoms with van der Waals surface area (Å²) in [6, 6.07) is 0.296. The van der Waals surface area contributed by atoms with Crippen LogP contribution in [0.5, 0.6) is 0 Å². The lowest BCUT2D eigenvalue weighted by molar-refractivity contribution is 0.532. The number of hydrogen-bond donors (Lipinski definition) is 1. The van der Waals surface area contributed by atoms with Gasteiger partial charge >= 0.3 is 0 Å². The van der Waals surface area contributed by atoms with Crippen LogP contribution in [0.1, 0.15) is 33.2 Å². The summed E-state index contributed by atoms with van der Waals surface area (Å²) in [5.74, 6) is 0. The maximum absolute atomic E-state index is 12.1. The summed E-state index contributed by atoms with van der Waals surface area (Å²) in [7, 11) is 0. The van der Waals surface area contributed by atoms with Crippen molar-refractivity contribution in [3.63, 3.8) is 0 Å². The first-order valence-corrected chi connectivity index (χ1v) is 7.39. The van der Waals surface area contributed by atoms with Crippen molar-refractivity contribution in [2.24, 2.45) is 0 Å². The van der Waals surface area contributed by atoms with Crippen LogP contribution in [0.2, 0.25) is 0 Å². The number of rotatable bonds is 5. The van der Waals surface area contributed by atoms with E-state index < -0.39 is 0 Å². The van der Waals surface area contributed by atoms with E-state index in [-0.39, 0.29) is 5.56 Å². The highest BCUT2D eigenvalue weighted by Gasteiger charge is 2.10. The van der Waals surface area contributed by atoms with Gasteiger partial charge in [-0.05, 0) is 36.2 Å². The molecule has 6 nitrogen and oxygen atoms in total. The highest BCUT2D eigenvalue weighted by molar-refractivity contribution is 9.10. The van der Waals surface area contributed by atoms with Crippen molar-refractivity contribution in [2.75, 3.05) is 5.32 Å². The van der Waals surface area contributed by atoms with Gasteiger partial charge in [0, 0.05) is 18.8 Å². The third kappa shape index (κ3) is 3.09. The Labute approximate surface area is 125 Å². The van der Waals surface area contributed by atoms with Gasteiger partial charge in [-0.3, -0.25) is 9.48 Å². The SMILES string of the molecule is CCCn1ncc(Nc2cnn(C(C)C)c2)c(Br)c1=O. The van der Waals surface area contributed by atoms with Gasteiger partial charge < -0.3 is 5.32 Å². The van der Waals surface area contributed by atoms with Crippen LogP contribution in [0.3, 0.4) is 0 Å². The maximum Gasteiger partial charge on any atom is 0.283 e. The smallest absolute Gasteiger partial charge is 0.283 e.